The van der Waals surface area contributed by atoms with Crippen molar-refractivity contribution in [3.8, 4) is 0 Å². The largest absolute Gasteiger partial charge is 0.385 e. The molecule has 5 nitrogen and oxygen atoms in total. The molecule has 106 valence electrons. The highest BCUT2D eigenvalue weighted by molar-refractivity contribution is 5.99. The summed E-state index contributed by atoms with van der Waals surface area (Å²) in [5, 5.41) is 5.48. The van der Waals surface area contributed by atoms with Crippen LogP contribution in [0.15, 0.2) is 30.6 Å². The Morgan fingerprint density at radius 2 is 2.30 bits per heavy atom. The van der Waals surface area contributed by atoms with Crippen molar-refractivity contribution in [1.82, 2.24) is 15.3 Å². The predicted octanol–water partition coefficient (Wildman–Crippen LogP) is 1.95. The lowest BCUT2D eigenvalue weighted by Gasteiger charge is -2.10. The van der Waals surface area contributed by atoms with Gasteiger partial charge in [0.15, 0.2) is 0 Å². The number of anilines is 1. The highest BCUT2D eigenvalue weighted by atomic mass is 19.1. The fourth-order valence-corrected chi connectivity index (χ4v) is 1.96. The number of imidazole rings is 1. The molecule has 0 spiro atoms. The van der Waals surface area contributed by atoms with Gasteiger partial charge in [-0.25, -0.2) is 9.37 Å². The predicted molar refractivity (Wildman–Crippen MR) is 75.2 cm³/mol. The molecule has 1 amide bonds. The fraction of sp³-hybridized carbons (Fsp3) is 0.286. The third-order valence-corrected chi connectivity index (χ3v) is 2.94. The van der Waals surface area contributed by atoms with Crippen molar-refractivity contribution in [2.24, 2.45) is 0 Å². The normalized spacial score (nSPS) is 10.3. The van der Waals surface area contributed by atoms with Crippen LogP contribution < -0.4 is 10.6 Å². The molecule has 1 heterocycles. The zero-order valence-electron chi connectivity index (χ0n) is 11.2. The Hall–Kier alpha value is -2.37. The molecule has 2 aromatic rings. The Morgan fingerprint density at radius 1 is 1.45 bits per heavy atom. The summed E-state index contributed by atoms with van der Waals surface area (Å²) in [4.78, 5) is 19.1. The van der Waals surface area contributed by atoms with Gasteiger partial charge in [0.05, 0.1) is 11.3 Å². The molecule has 6 heteroatoms. The van der Waals surface area contributed by atoms with Crippen molar-refractivity contribution in [2.75, 3.05) is 18.9 Å². The van der Waals surface area contributed by atoms with Gasteiger partial charge in [0.2, 0.25) is 0 Å². The number of aromatic amines is 1. The molecule has 0 bridgehead atoms. The summed E-state index contributed by atoms with van der Waals surface area (Å²) in [5.74, 6) is 0.171. The molecule has 0 saturated carbocycles. The van der Waals surface area contributed by atoms with Crippen LogP contribution >= 0.6 is 0 Å². The Balaban J connectivity index is 1.87. The van der Waals surface area contributed by atoms with E-state index in [0.29, 0.717) is 12.1 Å². The van der Waals surface area contributed by atoms with Gasteiger partial charge in [-0.3, -0.25) is 4.79 Å². The molecule has 1 aromatic carbocycles. The van der Waals surface area contributed by atoms with Gasteiger partial charge in [0, 0.05) is 32.4 Å². The van der Waals surface area contributed by atoms with Crippen LogP contribution in [0.4, 0.5) is 10.1 Å². The molecule has 0 saturated heterocycles. The topological polar surface area (TPSA) is 69.8 Å². The molecule has 0 unspecified atom stereocenters. The second kappa shape index (κ2) is 6.70. The third kappa shape index (κ3) is 3.34. The van der Waals surface area contributed by atoms with Gasteiger partial charge in [-0.2, -0.15) is 0 Å². The van der Waals surface area contributed by atoms with E-state index in [-0.39, 0.29) is 11.6 Å². The van der Waals surface area contributed by atoms with Crippen molar-refractivity contribution in [3.63, 3.8) is 0 Å². The van der Waals surface area contributed by atoms with Crippen LogP contribution in [0.2, 0.25) is 0 Å². The molecule has 1 aromatic heterocycles. The van der Waals surface area contributed by atoms with Crippen molar-refractivity contribution in [3.05, 3.63) is 47.8 Å². The number of para-hydroxylation sites is 1. The van der Waals surface area contributed by atoms with Crippen molar-refractivity contribution < 1.29 is 9.18 Å². The molecule has 2 rings (SSSR count). The number of benzene rings is 1. The summed E-state index contributed by atoms with van der Waals surface area (Å²) in [6, 6.07) is 4.43. The zero-order chi connectivity index (χ0) is 14.4. The maximum Gasteiger partial charge on any atom is 0.253 e. The van der Waals surface area contributed by atoms with Crippen LogP contribution in [0.3, 0.4) is 0 Å². The first-order chi connectivity index (χ1) is 9.72. The number of aromatic nitrogens is 2. The Morgan fingerprint density at radius 3 is 3.00 bits per heavy atom. The zero-order valence-corrected chi connectivity index (χ0v) is 11.2. The quantitative estimate of drug-likeness (QED) is 0.706. The summed E-state index contributed by atoms with van der Waals surface area (Å²) in [6.07, 6.45) is 4.98. The minimum atomic E-state index is -0.435. The van der Waals surface area contributed by atoms with E-state index in [4.69, 9.17) is 0 Å². The first-order valence-corrected chi connectivity index (χ1v) is 6.45. The number of amides is 1. The SMILES string of the molecule is CNc1c(F)cccc1C(=O)NCCCc1ncc[nH]1. The fourth-order valence-electron chi connectivity index (χ4n) is 1.96. The Bertz CT molecular complexity index is 569. The van der Waals surface area contributed by atoms with Crippen molar-refractivity contribution in [1.29, 1.82) is 0 Å². The number of hydrogen-bond acceptors (Lipinski definition) is 3. The van der Waals surface area contributed by atoms with Gasteiger partial charge in [-0.05, 0) is 18.6 Å². The van der Waals surface area contributed by atoms with E-state index >= 15 is 0 Å². The van der Waals surface area contributed by atoms with E-state index in [1.165, 1.54) is 12.1 Å². The van der Waals surface area contributed by atoms with E-state index < -0.39 is 5.82 Å². The minimum absolute atomic E-state index is 0.219. The molecular formula is C14H17FN4O. The van der Waals surface area contributed by atoms with Crippen LogP contribution in [0.1, 0.15) is 22.6 Å². The molecule has 0 aliphatic carbocycles. The number of nitrogens with one attached hydrogen (secondary N) is 3. The van der Waals surface area contributed by atoms with E-state index in [1.54, 1.807) is 25.5 Å². The molecule has 3 N–H and O–H groups in total. The standard InChI is InChI=1S/C14H17FN4O/c1-16-13-10(4-2-5-11(13)15)14(20)19-7-3-6-12-17-8-9-18-12/h2,4-5,8-9,16H,3,6-7H2,1H3,(H,17,18)(H,19,20). The van der Waals surface area contributed by atoms with Crippen molar-refractivity contribution in [2.45, 2.75) is 12.8 Å². The van der Waals surface area contributed by atoms with E-state index in [2.05, 4.69) is 20.6 Å². The van der Waals surface area contributed by atoms with Gasteiger partial charge in [0.1, 0.15) is 11.6 Å². The van der Waals surface area contributed by atoms with Crippen LogP contribution in [-0.2, 0) is 6.42 Å². The summed E-state index contributed by atoms with van der Waals surface area (Å²) in [6.45, 7) is 0.513. The van der Waals surface area contributed by atoms with Crippen LogP contribution in [0.25, 0.3) is 0 Å². The van der Waals surface area contributed by atoms with E-state index in [9.17, 15) is 9.18 Å². The lowest BCUT2D eigenvalue weighted by atomic mass is 10.1. The number of halogens is 1. The monoisotopic (exact) mass is 276 g/mol. The lowest BCUT2D eigenvalue weighted by molar-refractivity contribution is 0.0953. The number of carbonyl (C=O) groups excluding carboxylic acids is 1. The van der Waals surface area contributed by atoms with Crippen LogP contribution in [0.5, 0.6) is 0 Å². The average molecular weight is 276 g/mol. The van der Waals surface area contributed by atoms with Crippen LogP contribution in [0, 0.1) is 5.82 Å². The number of hydrogen-bond donors (Lipinski definition) is 3. The number of aryl methyl sites for hydroxylation is 1. The molecule has 0 aliphatic heterocycles. The van der Waals surface area contributed by atoms with Crippen molar-refractivity contribution >= 4 is 11.6 Å². The number of nitrogens with zero attached hydrogens (tertiary/aromatic N) is 1. The lowest BCUT2D eigenvalue weighted by Crippen LogP contribution is -2.26. The van der Waals surface area contributed by atoms with Gasteiger partial charge < -0.3 is 15.6 Å². The second-order valence-corrected chi connectivity index (χ2v) is 4.31. The number of rotatable bonds is 6. The Kier molecular flexibility index (Phi) is 4.70. The average Bonchev–Trinajstić information content (AvgIpc) is 2.96. The van der Waals surface area contributed by atoms with E-state index in [0.717, 1.165) is 18.7 Å². The smallest absolute Gasteiger partial charge is 0.253 e. The molecule has 0 aliphatic rings. The maximum absolute atomic E-state index is 13.5. The summed E-state index contributed by atoms with van der Waals surface area (Å²) >= 11 is 0. The summed E-state index contributed by atoms with van der Waals surface area (Å²) in [7, 11) is 1.59. The molecular weight excluding hydrogens is 259 g/mol. The third-order valence-electron chi connectivity index (χ3n) is 2.94. The minimum Gasteiger partial charge on any atom is -0.385 e. The second-order valence-electron chi connectivity index (χ2n) is 4.31. The summed E-state index contributed by atoms with van der Waals surface area (Å²) < 4.78 is 13.5. The Labute approximate surface area is 116 Å². The molecule has 20 heavy (non-hydrogen) atoms. The highest BCUT2D eigenvalue weighted by Crippen LogP contribution is 2.18. The first-order valence-electron chi connectivity index (χ1n) is 6.45. The molecule has 0 radical (unpaired) electrons. The van der Waals surface area contributed by atoms with Gasteiger partial charge >= 0.3 is 0 Å². The van der Waals surface area contributed by atoms with Gasteiger partial charge in [-0.1, -0.05) is 6.07 Å². The maximum atomic E-state index is 13.5. The van der Waals surface area contributed by atoms with Gasteiger partial charge in [-0.15, -0.1) is 0 Å². The molecule has 0 atom stereocenters. The summed E-state index contributed by atoms with van der Waals surface area (Å²) in [5.41, 5.74) is 0.529. The number of H-pyrrole nitrogens is 1. The van der Waals surface area contributed by atoms with E-state index in [1.807, 2.05) is 0 Å². The number of carbonyl (C=O) groups is 1. The van der Waals surface area contributed by atoms with Gasteiger partial charge in [0.25, 0.3) is 5.91 Å². The van der Waals surface area contributed by atoms with Crippen LogP contribution in [-0.4, -0.2) is 29.5 Å². The highest BCUT2D eigenvalue weighted by Gasteiger charge is 2.13. The molecule has 0 fully saturated rings. The first kappa shape index (κ1) is 14.0.